The molecule has 1 aromatic heterocycles. The Morgan fingerprint density at radius 1 is 0.683 bits per heavy atom. The van der Waals surface area contributed by atoms with Gasteiger partial charge in [-0.25, -0.2) is 0 Å². The first-order valence-corrected chi connectivity index (χ1v) is 21.7. The average molecular weight is 844 g/mol. The molecule has 3 aliphatic heterocycles. The number of furan rings is 1. The lowest BCUT2D eigenvalue weighted by molar-refractivity contribution is -0.146. The monoisotopic (exact) mass is 843 g/mol. The molecule has 3 fully saturated rings. The second-order valence-corrected chi connectivity index (χ2v) is 16.7. The van der Waals surface area contributed by atoms with E-state index in [0.717, 1.165) is 36.8 Å². The molecule has 0 aliphatic carbocycles. The third-order valence-corrected chi connectivity index (χ3v) is 12.8. The molecule has 0 spiro atoms. The summed E-state index contributed by atoms with van der Waals surface area (Å²) in [5, 5.41) is 3.45. The summed E-state index contributed by atoms with van der Waals surface area (Å²) in [4.78, 5) is 58.9. The quantitative estimate of drug-likeness (QED) is 0.122. The van der Waals surface area contributed by atoms with Gasteiger partial charge < -0.3 is 40.3 Å². The molecule has 13 heteroatoms. The number of likely N-dealkylation sites (tertiary alicyclic amines) is 2. The van der Waals surface area contributed by atoms with Gasteiger partial charge in [0.2, 0.25) is 5.91 Å². The van der Waals surface area contributed by atoms with Gasteiger partial charge in [0.1, 0.15) is 5.58 Å². The molecule has 0 bridgehead atoms. The molecule has 3 aliphatic rings. The molecule has 1 atom stereocenters. The standard InChI is InChI=1S/C50H50BN5O7/c52-31-33-7-4-9-38(27-33)35-19-23-55(24-20-35)47(58)37-15-17-41(18-16-37)54-46(57)30-50(40-11-2-1-3-12-40)49(60)62-51(63-50)45-29-43-42(13-6-14-44(43)61-45)48(59)56-25-21-36(22-26-56)39-10-5-8-34(28-39)32-53/h1-18,27-29,35-36H,19-26,30-32,52-53H2,(H,54,57). The summed E-state index contributed by atoms with van der Waals surface area (Å²) >= 11 is 0. The zero-order chi connectivity index (χ0) is 43.5. The van der Waals surface area contributed by atoms with E-state index in [0.29, 0.717) is 84.5 Å². The van der Waals surface area contributed by atoms with Gasteiger partial charge in [-0.15, -0.1) is 0 Å². The molecule has 1 unspecified atom stereocenters. The summed E-state index contributed by atoms with van der Waals surface area (Å²) < 4.78 is 18.5. The number of carbonyl (C=O) groups is 4. The zero-order valence-electron chi connectivity index (χ0n) is 35.0. The van der Waals surface area contributed by atoms with E-state index < -0.39 is 31.0 Å². The van der Waals surface area contributed by atoms with Gasteiger partial charge in [-0.3, -0.25) is 19.2 Å². The van der Waals surface area contributed by atoms with Gasteiger partial charge >= 0.3 is 13.1 Å². The second-order valence-electron chi connectivity index (χ2n) is 16.7. The summed E-state index contributed by atoms with van der Waals surface area (Å²) in [6.07, 6.45) is 3.01. The van der Waals surface area contributed by atoms with Crippen molar-refractivity contribution in [3.63, 3.8) is 0 Å². The Morgan fingerprint density at radius 2 is 1.27 bits per heavy atom. The van der Waals surface area contributed by atoms with Crippen LogP contribution < -0.4 is 22.4 Å². The first-order chi connectivity index (χ1) is 30.7. The van der Waals surface area contributed by atoms with Gasteiger partial charge in [0.15, 0.2) is 11.3 Å². The Bertz CT molecular complexity index is 2640. The van der Waals surface area contributed by atoms with Gasteiger partial charge in [-0.2, -0.15) is 0 Å². The Kier molecular flexibility index (Phi) is 12.0. The highest BCUT2D eigenvalue weighted by Crippen LogP contribution is 2.38. The maximum Gasteiger partial charge on any atom is 0.603 e. The lowest BCUT2D eigenvalue weighted by atomic mass is 9.84. The van der Waals surface area contributed by atoms with Crippen LogP contribution in [-0.4, -0.2) is 66.8 Å². The van der Waals surface area contributed by atoms with Crippen molar-refractivity contribution >= 4 is 53.1 Å². The maximum absolute atomic E-state index is 14.0. The average Bonchev–Trinajstić information content (AvgIpc) is 3.93. The van der Waals surface area contributed by atoms with Gasteiger partial charge in [-0.1, -0.05) is 84.9 Å². The predicted molar refractivity (Wildman–Crippen MR) is 241 cm³/mol. The molecule has 3 saturated heterocycles. The molecule has 63 heavy (non-hydrogen) atoms. The fourth-order valence-corrected chi connectivity index (χ4v) is 9.32. The van der Waals surface area contributed by atoms with E-state index in [1.165, 1.54) is 11.1 Å². The van der Waals surface area contributed by atoms with Crippen LogP contribution >= 0.6 is 0 Å². The third kappa shape index (κ3) is 8.64. The number of fused-ring (bicyclic) bond motifs is 1. The molecule has 0 radical (unpaired) electrons. The van der Waals surface area contributed by atoms with Crippen LogP contribution in [0.25, 0.3) is 11.0 Å². The van der Waals surface area contributed by atoms with E-state index in [4.69, 9.17) is 25.2 Å². The number of rotatable bonds is 11. The molecule has 3 amide bonds. The van der Waals surface area contributed by atoms with Gasteiger partial charge in [0.05, 0.1) is 12.0 Å². The number of nitrogens with zero attached hydrogens (tertiary/aromatic N) is 2. The van der Waals surface area contributed by atoms with Crippen molar-refractivity contribution in [3.05, 3.63) is 166 Å². The zero-order valence-corrected chi connectivity index (χ0v) is 35.0. The van der Waals surface area contributed by atoms with E-state index in [1.54, 1.807) is 78.9 Å². The minimum absolute atomic E-state index is 0.0642. The van der Waals surface area contributed by atoms with Crippen LogP contribution in [0.3, 0.4) is 0 Å². The molecule has 4 heterocycles. The molecule has 12 nitrogen and oxygen atoms in total. The van der Waals surface area contributed by atoms with Crippen LogP contribution in [0.1, 0.15) is 92.5 Å². The summed E-state index contributed by atoms with van der Waals surface area (Å²) in [7, 11) is -1.28. The fraction of sp³-hybridized carbons (Fsp3) is 0.280. The van der Waals surface area contributed by atoms with Crippen LogP contribution in [0.5, 0.6) is 0 Å². The number of carbonyl (C=O) groups excluding carboxylic acids is 4. The number of nitrogens with one attached hydrogen (secondary N) is 1. The van der Waals surface area contributed by atoms with Gasteiger partial charge in [0.25, 0.3) is 11.8 Å². The van der Waals surface area contributed by atoms with Crippen molar-refractivity contribution in [1.29, 1.82) is 0 Å². The van der Waals surface area contributed by atoms with Crippen molar-refractivity contribution in [2.45, 2.75) is 62.6 Å². The van der Waals surface area contributed by atoms with Crippen molar-refractivity contribution in [1.82, 2.24) is 9.80 Å². The third-order valence-electron chi connectivity index (χ3n) is 12.8. The van der Waals surface area contributed by atoms with Crippen LogP contribution in [0, 0.1) is 0 Å². The molecule has 5 aromatic carbocycles. The number of nitrogens with two attached hydrogens (primary N) is 2. The van der Waals surface area contributed by atoms with Gasteiger partial charge in [-0.05, 0) is 108 Å². The van der Waals surface area contributed by atoms with Crippen molar-refractivity contribution < 1.29 is 32.9 Å². The molecule has 5 N–H and O–H groups in total. The Labute approximate surface area is 366 Å². The summed E-state index contributed by atoms with van der Waals surface area (Å²) in [6, 6.07) is 39.2. The Hall–Kier alpha value is -6.54. The number of hydrogen-bond donors (Lipinski definition) is 3. The largest absolute Gasteiger partial charge is 0.603 e. The fourth-order valence-electron chi connectivity index (χ4n) is 9.32. The molecular weight excluding hydrogens is 793 g/mol. The first kappa shape index (κ1) is 41.8. The Balaban J connectivity index is 0.857. The SMILES string of the molecule is NCc1cccc(C2CCN(C(=O)c3ccc(NC(=O)CC4(c5ccccc5)OB(c5cc6c(C(=O)N7CCC(c8cccc(CN)c8)CC7)cccc6o5)OC4=O)cc3)CC2)c1. The van der Waals surface area contributed by atoms with Crippen molar-refractivity contribution in [2.75, 3.05) is 31.5 Å². The highest BCUT2D eigenvalue weighted by Gasteiger charge is 2.57. The number of benzene rings is 5. The molecule has 0 saturated carbocycles. The maximum atomic E-state index is 14.0. The lowest BCUT2D eigenvalue weighted by Crippen LogP contribution is -2.39. The molecular formula is C50H50BN5O7. The highest BCUT2D eigenvalue weighted by atomic mass is 16.7. The van der Waals surface area contributed by atoms with Crippen LogP contribution in [0.2, 0.25) is 0 Å². The second kappa shape index (κ2) is 18.1. The Morgan fingerprint density at radius 3 is 1.87 bits per heavy atom. The van der Waals surface area contributed by atoms with Gasteiger partial charge in [0, 0.05) is 55.9 Å². The number of hydrogen-bond acceptors (Lipinski definition) is 9. The lowest BCUT2D eigenvalue weighted by Gasteiger charge is -2.32. The van der Waals surface area contributed by atoms with E-state index in [2.05, 4.69) is 29.6 Å². The minimum Gasteiger partial charge on any atom is -0.501 e. The van der Waals surface area contributed by atoms with Crippen LogP contribution in [0.4, 0.5) is 5.69 Å². The summed E-state index contributed by atoms with van der Waals surface area (Å²) in [6.45, 7) is 3.50. The predicted octanol–water partition coefficient (Wildman–Crippen LogP) is 6.58. The van der Waals surface area contributed by atoms with Crippen LogP contribution in [0.15, 0.2) is 132 Å². The number of anilines is 1. The molecule has 9 rings (SSSR count). The van der Waals surface area contributed by atoms with E-state index in [9.17, 15) is 19.2 Å². The highest BCUT2D eigenvalue weighted by molar-refractivity contribution is 6.63. The van der Waals surface area contributed by atoms with E-state index in [1.807, 2.05) is 34.1 Å². The van der Waals surface area contributed by atoms with Crippen molar-refractivity contribution in [2.24, 2.45) is 11.5 Å². The normalized spacial score (nSPS) is 18.4. The van der Waals surface area contributed by atoms with E-state index >= 15 is 0 Å². The molecule has 6 aromatic rings. The topological polar surface area (TPSA) is 170 Å². The van der Waals surface area contributed by atoms with Crippen LogP contribution in [-0.2, 0) is 37.6 Å². The summed E-state index contributed by atoms with van der Waals surface area (Å²) in [5.41, 5.74) is 17.2. The van der Waals surface area contributed by atoms with Crippen molar-refractivity contribution in [3.8, 4) is 0 Å². The number of amides is 3. The minimum atomic E-state index is -1.80. The first-order valence-electron chi connectivity index (χ1n) is 21.7. The smallest absolute Gasteiger partial charge is 0.501 e. The molecule has 320 valence electrons. The van der Waals surface area contributed by atoms with E-state index in [-0.39, 0.29) is 17.5 Å². The number of piperidine rings is 2. The summed E-state index contributed by atoms with van der Waals surface area (Å²) in [5.74, 6) is -0.691.